The number of carboxylic acids is 1. The van der Waals surface area contributed by atoms with E-state index in [1.165, 1.54) is 12.8 Å². The highest BCUT2D eigenvalue weighted by Crippen LogP contribution is 2.28. The molecule has 2 N–H and O–H groups in total. The first-order valence-electron chi connectivity index (χ1n) is 7.33. The zero-order valence-corrected chi connectivity index (χ0v) is 11.6. The van der Waals surface area contributed by atoms with E-state index >= 15 is 0 Å². The molecule has 0 aromatic rings. The maximum Gasteiger partial charge on any atom is 0.303 e. The SMILES string of the molecule is CC1CNC(=O)C(CCC(=O)O)N(C2CCCC2)C1. The van der Waals surface area contributed by atoms with Crippen molar-refractivity contribution < 1.29 is 14.7 Å². The Morgan fingerprint density at radius 2 is 2.11 bits per heavy atom. The van der Waals surface area contributed by atoms with Crippen LogP contribution < -0.4 is 5.32 Å². The molecule has 108 valence electrons. The average Bonchev–Trinajstić information content (AvgIpc) is 2.84. The van der Waals surface area contributed by atoms with Gasteiger partial charge in [0, 0.05) is 25.6 Å². The highest BCUT2D eigenvalue weighted by molar-refractivity contribution is 5.82. The van der Waals surface area contributed by atoms with Gasteiger partial charge in [-0.25, -0.2) is 0 Å². The molecule has 1 aliphatic carbocycles. The first-order chi connectivity index (χ1) is 9.08. The topological polar surface area (TPSA) is 69.6 Å². The van der Waals surface area contributed by atoms with Gasteiger partial charge in [0.25, 0.3) is 0 Å². The van der Waals surface area contributed by atoms with Crippen LogP contribution >= 0.6 is 0 Å². The van der Waals surface area contributed by atoms with Crippen molar-refractivity contribution in [2.75, 3.05) is 13.1 Å². The Labute approximate surface area is 114 Å². The summed E-state index contributed by atoms with van der Waals surface area (Å²) in [5.41, 5.74) is 0. The fourth-order valence-electron chi connectivity index (χ4n) is 3.29. The van der Waals surface area contributed by atoms with Crippen LogP contribution in [-0.4, -0.2) is 47.1 Å². The Kier molecular flexibility index (Phi) is 4.80. The highest BCUT2D eigenvalue weighted by Gasteiger charge is 2.35. The van der Waals surface area contributed by atoms with E-state index in [-0.39, 0.29) is 18.4 Å². The number of nitrogens with zero attached hydrogens (tertiary/aromatic N) is 1. The molecule has 1 saturated carbocycles. The molecule has 2 aliphatic rings. The smallest absolute Gasteiger partial charge is 0.303 e. The number of carboxylic acid groups (broad SMARTS) is 1. The van der Waals surface area contributed by atoms with Crippen molar-refractivity contribution in [1.82, 2.24) is 10.2 Å². The summed E-state index contributed by atoms with van der Waals surface area (Å²) in [6.07, 6.45) is 5.22. The number of hydrogen-bond acceptors (Lipinski definition) is 3. The molecule has 1 heterocycles. The third-order valence-corrected chi connectivity index (χ3v) is 4.28. The van der Waals surface area contributed by atoms with Crippen LogP contribution in [-0.2, 0) is 9.59 Å². The van der Waals surface area contributed by atoms with Crippen molar-refractivity contribution in [2.45, 2.75) is 57.5 Å². The fourth-order valence-corrected chi connectivity index (χ4v) is 3.29. The molecule has 1 saturated heterocycles. The Morgan fingerprint density at radius 3 is 2.74 bits per heavy atom. The van der Waals surface area contributed by atoms with Crippen molar-refractivity contribution in [1.29, 1.82) is 0 Å². The largest absolute Gasteiger partial charge is 0.481 e. The monoisotopic (exact) mass is 268 g/mol. The van der Waals surface area contributed by atoms with Crippen molar-refractivity contribution in [3.05, 3.63) is 0 Å². The van der Waals surface area contributed by atoms with E-state index in [0.29, 0.717) is 24.9 Å². The Bertz CT molecular complexity index is 340. The van der Waals surface area contributed by atoms with Crippen LogP contribution in [0.1, 0.15) is 45.4 Å². The molecule has 5 nitrogen and oxygen atoms in total. The third-order valence-electron chi connectivity index (χ3n) is 4.28. The van der Waals surface area contributed by atoms with Gasteiger partial charge in [0.1, 0.15) is 0 Å². The zero-order chi connectivity index (χ0) is 13.8. The van der Waals surface area contributed by atoms with Crippen LogP contribution in [0.4, 0.5) is 0 Å². The summed E-state index contributed by atoms with van der Waals surface area (Å²) in [5.74, 6) is -0.381. The van der Waals surface area contributed by atoms with Crippen molar-refractivity contribution >= 4 is 11.9 Å². The molecule has 2 atom stereocenters. The van der Waals surface area contributed by atoms with Gasteiger partial charge >= 0.3 is 5.97 Å². The van der Waals surface area contributed by atoms with E-state index in [2.05, 4.69) is 17.1 Å². The molecule has 0 bridgehead atoms. The number of nitrogens with one attached hydrogen (secondary N) is 1. The van der Waals surface area contributed by atoms with Gasteiger partial charge in [-0.05, 0) is 25.2 Å². The maximum absolute atomic E-state index is 12.2. The predicted octanol–water partition coefficient (Wildman–Crippen LogP) is 1.23. The minimum atomic E-state index is -0.823. The lowest BCUT2D eigenvalue weighted by Gasteiger charge is -2.34. The molecule has 5 heteroatoms. The molecule has 1 aliphatic heterocycles. The highest BCUT2D eigenvalue weighted by atomic mass is 16.4. The second-order valence-corrected chi connectivity index (χ2v) is 5.93. The summed E-state index contributed by atoms with van der Waals surface area (Å²) in [4.78, 5) is 25.3. The van der Waals surface area contributed by atoms with Gasteiger partial charge in [0.2, 0.25) is 5.91 Å². The Morgan fingerprint density at radius 1 is 1.42 bits per heavy atom. The second kappa shape index (κ2) is 6.37. The van der Waals surface area contributed by atoms with Crippen LogP contribution in [0.2, 0.25) is 0 Å². The fraction of sp³-hybridized carbons (Fsp3) is 0.857. The number of amides is 1. The van der Waals surface area contributed by atoms with Crippen molar-refractivity contribution in [3.8, 4) is 0 Å². The number of carbonyl (C=O) groups excluding carboxylic acids is 1. The standard InChI is InChI=1S/C14H24N2O3/c1-10-8-15-14(19)12(6-7-13(17)18)16(9-10)11-4-2-3-5-11/h10-12H,2-9H2,1H3,(H,15,19)(H,17,18). The lowest BCUT2D eigenvalue weighted by Crippen LogP contribution is -2.48. The quantitative estimate of drug-likeness (QED) is 0.804. The van der Waals surface area contributed by atoms with Gasteiger partial charge in [-0.1, -0.05) is 19.8 Å². The van der Waals surface area contributed by atoms with Gasteiger partial charge in [-0.2, -0.15) is 0 Å². The number of hydrogen-bond donors (Lipinski definition) is 2. The summed E-state index contributed by atoms with van der Waals surface area (Å²) in [6, 6.07) is 0.203. The molecule has 0 spiro atoms. The van der Waals surface area contributed by atoms with E-state index in [0.717, 1.165) is 19.4 Å². The lowest BCUT2D eigenvalue weighted by atomic mass is 10.0. The normalized spacial score (nSPS) is 30.1. The van der Waals surface area contributed by atoms with Gasteiger partial charge in [0.05, 0.1) is 6.04 Å². The molecular weight excluding hydrogens is 244 g/mol. The van der Waals surface area contributed by atoms with E-state index in [1.54, 1.807) is 0 Å². The van der Waals surface area contributed by atoms with Crippen LogP contribution in [0.25, 0.3) is 0 Å². The molecule has 0 radical (unpaired) electrons. The zero-order valence-electron chi connectivity index (χ0n) is 11.6. The first kappa shape index (κ1) is 14.3. The maximum atomic E-state index is 12.2. The summed E-state index contributed by atoms with van der Waals surface area (Å²) in [5, 5.41) is 11.8. The summed E-state index contributed by atoms with van der Waals surface area (Å²) < 4.78 is 0. The molecule has 1 amide bonds. The molecule has 19 heavy (non-hydrogen) atoms. The molecule has 2 rings (SSSR count). The van der Waals surface area contributed by atoms with Gasteiger partial charge < -0.3 is 10.4 Å². The molecule has 2 unspecified atom stereocenters. The Balaban J connectivity index is 2.10. The second-order valence-electron chi connectivity index (χ2n) is 5.93. The van der Waals surface area contributed by atoms with Gasteiger partial charge in [-0.3, -0.25) is 14.5 Å². The number of carbonyl (C=O) groups is 2. The van der Waals surface area contributed by atoms with E-state index in [4.69, 9.17) is 5.11 Å². The van der Waals surface area contributed by atoms with Gasteiger partial charge in [-0.15, -0.1) is 0 Å². The average molecular weight is 268 g/mol. The van der Waals surface area contributed by atoms with Crippen LogP contribution in [0.5, 0.6) is 0 Å². The minimum Gasteiger partial charge on any atom is -0.481 e. The summed E-state index contributed by atoms with van der Waals surface area (Å²) in [6.45, 7) is 3.74. The lowest BCUT2D eigenvalue weighted by molar-refractivity contribution is -0.137. The Hall–Kier alpha value is -1.10. The summed E-state index contributed by atoms with van der Waals surface area (Å²) >= 11 is 0. The number of aliphatic carboxylic acids is 1. The van der Waals surface area contributed by atoms with Crippen molar-refractivity contribution in [3.63, 3.8) is 0 Å². The molecule has 0 aromatic carbocycles. The third kappa shape index (κ3) is 3.69. The van der Waals surface area contributed by atoms with Crippen LogP contribution in [0, 0.1) is 5.92 Å². The molecule has 2 fully saturated rings. The van der Waals surface area contributed by atoms with E-state index in [1.807, 2.05) is 0 Å². The minimum absolute atomic E-state index is 0.0116. The molecular formula is C14H24N2O3. The summed E-state index contributed by atoms with van der Waals surface area (Å²) in [7, 11) is 0. The molecule has 0 aromatic heterocycles. The van der Waals surface area contributed by atoms with Crippen LogP contribution in [0.3, 0.4) is 0 Å². The predicted molar refractivity (Wildman–Crippen MR) is 71.8 cm³/mol. The van der Waals surface area contributed by atoms with Gasteiger partial charge in [0.15, 0.2) is 0 Å². The van der Waals surface area contributed by atoms with Crippen molar-refractivity contribution in [2.24, 2.45) is 5.92 Å². The first-order valence-corrected chi connectivity index (χ1v) is 7.33. The van der Waals surface area contributed by atoms with E-state index < -0.39 is 5.97 Å². The van der Waals surface area contributed by atoms with E-state index in [9.17, 15) is 9.59 Å². The number of rotatable bonds is 4. The van der Waals surface area contributed by atoms with Crippen LogP contribution in [0.15, 0.2) is 0 Å².